The van der Waals surface area contributed by atoms with Gasteiger partial charge in [-0.3, -0.25) is 9.59 Å². The van der Waals surface area contributed by atoms with Crippen molar-refractivity contribution in [2.24, 2.45) is 5.92 Å². The Bertz CT molecular complexity index is 1320. The molecule has 1 aliphatic heterocycles. The molecule has 0 radical (unpaired) electrons. The zero-order valence-electron chi connectivity index (χ0n) is 23.2. The number of phenolic OH excluding ortho intramolecular Hbond substituents is 1. The third-order valence-electron chi connectivity index (χ3n) is 7.50. The quantitative estimate of drug-likeness (QED) is 0.308. The van der Waals surface area contributed by atoms with Crippen LogP contribution in [-0.4, -0.2) is 30.5 Å². The lowest BCUT2D eigenvalue weighted by molar-refractivity contribution is -0.118. The van der Waals surface area contributed by atoms with Gasteiger partial charge < -0.3 is 25.2 Å². The number of ether oxygens (including phenoxy) is 2. The first-order valence-corrected chi connectivity index (χ1v) is 14.3. The number of hydrogen-bond acceptors (Lipinski definition) is 6. The second-order valence-electron chi connectivity index (χ2n) is 10.2. The number of allylic oxidation sites excluding steroid dienone is 3. The van der Waals surface area contributed by atoms with Crippen molar-refractivity contribution in [3.63, 3.8) is 0 Å². The SMILES string of the molecule is CCC[C@@H]1CC(=O)C2=C(C1)NC(C)=C(C(=O)NC(C)c1ccc(OC)cc1)[C@H]2c1cc(Br)c(O)c(OCC)c1. The number of halogens is 1. The summed E-state index contributed by atoms with van der Waals surface area (Å²) in [5.74, 6) is 0.502. The summed E-state index contributed by atoms with van der Waals surface area (Å²) in [6.07, 6.45) is 3.21. The van der Waals surface area contributed by atoms with Gasteiger partial charge in [0.1, 0.15) is 5.75 Å². The number of rotatable bonds is 9. The number of Topliss-reactive ketones (excluding diaryl/α,β-unsaturated/α-hetero) is 1. The van der Waals surface area contributed by atoms with Crippen LogP contribution in [0.4, 0.5) is 0 Å². The van der Waals surface area contributed by atoms with Gasteiger partial charge in [-0.05, 0) is 90.9 Å². The lowest BCUT2D eigenvalue weighted by Crippen LogP contribution is -2.39. The first kappa shape index (κ1) is 28.7. The Morgan fingerprint density at radius 2 is 1.92 bits per heavy atom. The average molecular weight is 598 g/mol. The van der Waals surface area contributed by atoms with Crippen LogP contribution in [0, 0.1) is 5.92 Å². The summed E-state index contributed by atoms with van der Waals surface area (Å²) in [5, 5.41) is 17.1. The molecule has 3 atom stereocenters. The van der Waals surface area contributed by atoms with Gasteiger partial charge in [0.15, 0.2) is 17.3 Å². The molecular formula is C31H37BrN2O5. The third-order valence-corrected chi connectivity index (χ3v) is 8.11. The second kappa shape index (κ2) is 12.3. The van der Waals surface area contributed by atoms with Gasteiger partial charge in [-0.1, -0.05) is 25.5 Å². The normalized spacial score (nSPS) is 19.8. The predicted molar refractivity (Wildman–Crippen MR) is 155 cm³/mol. The van der Waals surface area contributed by atoms with Crippen LogP contribution in [0.2, 0.25) is 0 Å². The molecule has 0 saturated carbocycles. The zero-order valence-corrected chi connectivity index (χ0v) is 24.8. The van der Waals surface area contributed by atoms with E-state index >= 15 is 0 Å². The van der Waals surface area contributed by atoms with Crippen molar-refractivity contribution < 1.29 is 24.2 Å². The molecule has 208 valence electrons. The number of amides is 1. The van der Waals surface area contributed by atoms with Gasteiger partial charge in [-0.15, -0.1) is 0 Å². The number of carbonyl (C=O) groups excluding carboxylic acids is 2. The number of dihydropyridines is 1. The number of ketones is 1. The molecule has 0 spiro atoms. The monoisotopic (exact) mass is 596 g/mol. The van der Waals surface area contributed by atoms with Crippen molar-refractivity contribution in [2.45, 2.75) is 65.3 Å². The summed E-state index contributed by atoms with van der Waals surface area (Å²) in [4.78, 5) is 27.6. The van der Waals surface area contributed by atoms with Crippen molar-refractivity contribution in [1.29, 1.82) is 0 Å². The van der Waals surface area contributed by atoms with E-state index in [2.05, 4.69) is 33.5 Å². The lowest BCUT2D eigenvalue weighted by Gasteiger charge is -2.37. The molecule has 0 aromatic heterocycles. The van der Waals surface area contributed by atoms with Crippen LogP contribution in [0.15, 0.2) is 63.4 Å². The molecule has 2 aromatic carbocycles. The maximum absolute atomic E-state index is 13.9. The highest BCUT2D eigenvalue weighted by Crippen LogP contribution is 2.47. The Labute approximate surface area is 238 Å². The minimum atomic E-state index is -0.601. The summed E-state index contributed by atoms with van der Waals surface area (Å²) in [7, 11) is 1.62. The Hall–Kier alpha value is -3.26. The first-order valence-electron chi connectivity index (χ1n) is 13.5. The van der Waals surface area contributed by atoms with E-state index in [-0.39, 0.29) is 29.4 Å². The molecule has 0 fully saturated rings. The molecule has 7 nitrogen and oxygen atoms in total. The number of aromatic hydroxyl groups is 1. The van der Waals surface area contributed by atoms with Crippen LogP contribution >= 0.6 is 15.9 Å². The van der Waals surface area contributed by atoms with Crippen LogP contribution in [0.5, 0.6) is 17.2 Å². The zero-order chi connectivity index (χ0) is 28.3. The number of nitrogens with one attached hydrogen (secondary N) is 2. The van der Waals surface area contributed by atoms with Crippen molar-refractivity contribution in [3.8, 4) is 17.2 Å². The number of methoxy groups -OCH3 is 1. The molecule has 3 N–H and O–H groups in total. The number of benzene rings is 2. The van der Waals surface area contributed by atoms with Crippen molar-refractivity contribution in [3.05, 3.63) is 74.5 Å². The van der Waals surface area contributed by atoms with E-state index in [0.29, 0.717) is 45.7 Å². The molecule has 4 rings (SSSR count). The van der Waals surface area contributed by atoms with E-state index in [9.17, 15) is 14.7 Å². The van der Waals surface area contributed by atoms with Crippen LogP contribution in [0.25, 0.3) is 0 Å². The van der Waals surface area contributed by atoms with Gasteiger partial charge in [0.2, 0.25) is 5.91 Å². The summed E-state index contributed by atoms with van der Waals surface area (Å²) in [5.41, 5.74) is 4.34. The Kier molecular flexibility index (Phi) is 9.05. The molecule has 1 aliphatic carbocycles. The topological polar surface area (TPSA) is 96.9 Å². The molecular weight excluding hydrogens is 560 g/mol. The van der Waals surface area contributed by atoms with Crippen LogP contribution < -0.4 is 20.1 Å². The minimum Gasteiger partial charge on any atom is -0.503 e. The first-order chi connectivity index (χ1) is 18.7. The number of phenols is 1. The molecule has 2 aliphatic rings. The fourth-order valence-corrected chi connectivity index (χ4v) is 6.10. The van der Waals surface area contributed by atoms with Gasteiger partial charge >= 0.3 is 0 Å². The van der Waals surface area contributed by atoms with Crippen LogP contribution in [-0.2, 0) is 9.59 Å². The summed E-state index contributed by atoms with van der Waals surface area (Å²) >= 11 is 3.45. The summed E-state index contributed by atoms with van der Waals surface area (Å²) in [6, 6.07) is 10.8. The highest BCUT2D eigenvalue weighted by Gasteiger charge is 2.41. The maximum atomic E-state index is 13.9. The predicted octanol–water partition coefficient (Wildman–Crippen LogP) is 6.43. The van der Waals surface area contributed by atoms with Gasteiger partial charge in [0, 0.05) is 34.9 Å². The lowest BCUT2D eigenvalue weighted by atomic mass is 9.72. The fraction of sp³-hybridized carbons (Fsp3) is 0.419. The van der Waals surface area contributed by atoms with E-state index in [1.165, 1.54) is 0 Å². The molecule has 0 saturated heterocycles. The van der Waals surface area contributed by atoms with E-state index in [1.54, 1.807) is 19.2 Å². The van der Waals surface area contributed by atoms with Gasteiger partial charge in [0.25, 0.3) is 0 Å². The standard InChI is InChI=1S/C31H37BrN2O5/c1-6-8-19-13-24-29(25(35)14-19)28(21-15-23(32)30(36)26(16-21)39-7-2)27(18(4)33-24)31(37)34-17(3)20-9-11-22(38-5)12-10-20/h9-12,15-17,19,28,33,36H,6-8,13-14H2,1-5H3,(H,34,37)/t17?,19-,28+/m0/s1. The van der Waals surface area contributed by atoms with E-state index in [1.807, 2.05) is 45.0 Å². The van der Waals surface area contributed by atoms with Gasteiger partial charge in [-0.2, -0.15) is 0 Å². The number of hydrogen-bond donors (Lipinski definition) is 3. The summed E-state index contributed by atoms with van der Waals surface area (Å²) in [6.45, 7) is 8.15. The van der Waals surface area contributed by atoms with Crippen molar-refractivity contribution >= 4 is 27.6 Å². The third kappa shape index (κ3) is 6.01. The molecule has 8 heteroatoms. The van der Waals surface area contributed by atoms with Gasteiger partial charge in [0.05, 0.1) is 24.2 Å². The highest BCUT2D eigenvalue weighted by molar-refractivity contribution is 9.10. The molecule has 1 unspecified atom stereocenters. The van der Waals surface area contributed by atoms with Crippen LogP contribution in [0.3, 0.4) is 0 Å². The largest absolute Gasteiger partial charge is 0.503 e. The number of carbonyl (C=O) groups is 2. The molecule has 1 amide bonds. The Morgan fingerprint density at radius 3 is 2.56 bits per heavy atom. The Morgan fingerprint density at radius 1 is 1.21 bits per heavy atom. The fourth-order valence-electron chi connectivity index (χ4n) is 5.64. The minimum absolute atomic E-state index is 0.0125. The smallest absolute Gasteiger partial charge is 0.250 e. The Balaban J connectivity index is 1.77. The molecule has 2 aromatic rings. The van der Waals surface area contributed by atoms with Crippen molar-refractivity contribution in [2.75, 3.05) is 13.7 Å². The maximum Gasteiger partial charge on any atom is 0.250 e. The van der Waals surface area contributed by atoms with E-state index < -0.39 is 5.92 Å². The van der Waals surface area contributed by atoms with E-state index in [0.717, 1.165) is 36.3 Å². The second-order valence-corrected chi connectivity index (χ2v) is 11.1. The van der Waals surface area contributed by atoms with Gasteiger partial charge in [-0.25, -0.2) is 0 Å². The highest BCUT2D eigenvalue weighted by atomic mass is 79.9. The molecule has 1 heterocycles. The summed E-state index contributed by atoms with van der Waals surface area (Å²) < 4.78 is 11.4. The average Bonchev–Trinajstić information content (AvgIpc) is 2.90. The van der Waals surface area contributed by atoms with E-state index in [4.69, 9.17) is 9.47 Å². The molecule has 39 heavy (non-hydrogen) atoms. The van der Waals surface area contributed by atoms with Crippen LogP contribution in [0.1, 0.15) is 76.5 Å². The van der Waals surface area contributed by atoms with Crippen molar-refractivity contribution in [1.82, 2.24) is 10.6 Å². The molecule has 0 bridgehead atoms.